The lowest BCUT2D eigenvalue weighted by Gasteiger charge is -2.19. The number of nitrogen functional groups attached to an aromatic ring is 2. The van der Waals surface area contributed by atoms with Crippen LogP contribution in [-0.2, 0) is 10.5 Å². The summed E-state index contributed by atoms with van der Waals surface area (Å²) >= 11 is 1.37. The molecule has 5 N–H and O–H groups in total. The fraction of sp³-hybridized carbons (Fsp3) is 0.333. The number of aromatic nitrogens is 3. The maximum atomic E-state index is 12.3. The molecule has 1 amide bonds. The Balaban J connectivity index is 1.57. The van der Waals surface area contributed by atoms with Crippen molar-refractivity contribution in [2.24, 2.45) is 0 Å². The standard InChI is InChI=1S/C15H18N6O3S/c1-8(25-7-12-19-14(16)21-15(17)20-12)13(22)18-9-2-3-10-11(6-9)24-5-4-23-10/h2-3,6,8H,4-5,7H2,1H3,(H,18,22)(H4,16,17,19,20,21). The molecule has 3 rings (SSSR count). The molecule has 10 heteroatoms. The predicted octanol–water partition coefficient (Wildman–Crippen LogP) is 1.07. The molecule has 2 aromatic rings. The van der Waals surface area contributed by atoms with Crippen LogP contribution in [0, 0.1) is 0 Å². The van der Waals surface area contributed by atoms with E-state index in [2.05, 4.69) is 20.3 Å². The minimum Gasteiger partial charge on any atom is -0.486 e. The van der Waals surface area contributed by atoms with Gasteiger partial charge in [0, 0.05) is 11.8 Å². The second-order valence-corrected chi connectivity index (χ2v) is 6.60. The van der Waals surface area contributed by atoms with E-state index < -0.39 is 0 Å². The molecule has 0 bridgehead atoms. The molecule has 25 heavy (non-hydrogen) atoms. The highest BCUT2D eigenvalue weighted by Crippen LogP contribution is 2.32. The Morgan fingerprint density at radius 3 is 2.60 bits per heavy atom. The Morgan fingerprint density at radius 2 is 1.88 bits per heavy atom. The Kier molecular flexibility index (Phi) is 5.08. The van der Waals surface area contributed by atoms with Gasteiger partial charge in [-0.25, -0.2) is 0 Å². The van der Waals surface area contributed by atoms with Gasteiger partial charge in [-0.05, 0) is 19.1 Å². The number of hydrogen-bond donors (Lipinski definition) is 3. The highest BCUT2D eigenvalue weighted by molar-refractivity contribution is 7.99. The molecule has 1 aromatic heterocycles. The van der Waals surface area contributed by atoms with Crippen LogP contribution in [-0.4, -0.2) is 39.3 Å². The number of anilines is 3. The Hall–Kier alpha value is -2.75. The molecule has 0 saturated carbocycles. The van der Waals surface area contributed by atoms with Gasteiger partial charge < -0.3 is 26.3 Å². The third-order valence-electron chi connectivity index (χ3n) is 3.36. The van der Waals surface area contributed by atoms with Crippen LogP contribution in [0.3, 0.4) is 0 Å². The van der Waals surface area contributed by atoms with Crippen molar-refractivity contribution in [1.29, 1.82) is 0 Å². The summed E-state index contributed by atoms with van der Waals surface area (Å²) in [4.78, 5) is 24.0. The van der Waals surface area contributed by atoms with E-state index in [-0.39, 0.29) is 23.1 Å². The molecule has 0 fully saturated rings. The zero-order valence-corrected chi connectivity index (χ0v) is 14.4. The van der Waals surface area contributed by atoms with Crippen LogP contribution in [0.1, 0.15) is 12.7 Å². The van der Waals surface area contributed by atoms with Crippen molar-refractivity contribution < 1.29 is 14.3 Å². The van der Waals surface area contributed by atoms with Crippen LogP contribution in [0.25, 0.3) is 0 Å². The van der Waals surface area contributed by atoms with Crippen molar-refractivity contribution in [3.8, 4) is 11.5 Å². The summed E-state index contributed by atoms with van der Waals surface area (Å²) in [6, 6.07) is 5.30. The summed E-state index contributed by atoms with van der Waals surface area (Å²) in [6.45, 7) is 2.82. The molecule has 2 heterocycles. The van der Waals surface area contributed by atoms with Gasteiger partial charge in [-0.2, -0.15) is 15.0 Å². The first kappa shape index (κ1) is 17.1. The number of thioether (sulfide) groups is 1. The number of rotatable bonds is 5. The molecule has 0 saturated heterocycles. The van der Waals surface area contributed by atoms with E-state index in [1.54, 1.807) is 25.1 Å². The normalized spacial score (nSPS) is 14.0. The first-order valence-corrected chi connectivity index (χ1v) is 8.64. The summed E-state index contributed by atoms with van der Waals surface area (Å²) in [5, 5.41) is 2.53. The minimum atomic E-state index is -0.326. The van der Waals surface area contributed by atoms with Gasteiger partial charge in [0.15, 0.2) is 11.5 Å². The second kappa shape index (κ2) is 7.43. The largest absolute Gasteiger partial charge is 0.486 e. The van der Waals surface area contributed by atoms with E-state index in [1.165, 1.54) is 11.8 Å². The van der Waals surface area contributed by atoms with Crippen LogP contribution in [0.4, 0.5) is 17.6 Å². The van der Waals surface area contributed by atoms with Crippen LogP contribution in [0.15, 0.2) is 18.2 Å². The molecule has 1 aliphatic rings. The number of nitrogens with one attached hydrogen (secondary N) is 1. The SMILES string of the molecule is CC(SCc1nc(N)nc(N)n1)C(=O)Nc1ccc2c(c1)OCCO2. The zero-order chi connectivity index (χ0) is 17.8. The summed E-state index contributed by atoms with van der Waals surface area (Å²) in [6.07, 6.45) is 0. The number of ether oxygens (including phenoxy) is 2. The Labute approximate surface area is 148 Å². The average molecular weight is 362 g/mol. The quantitative estimate of drug-likeness (QED) is 0.712. The lowest BCUT2D eigenvalue weighted by molar-refractivity contribution is -0.115. The van der Waals surface area contributed by atoms with Crippen LogP contribution >= 0.6 is 11.8 Å². The fourth-order valence-electron chi connectivity index (χ4n) is 2.16. The second-order valence-electron chi connectivity index (χ2n) is 5.27. The molecule has 0 radical (unpaired) electrons. The van der Waals surface area contributed by atoms with E-state index in [1.807, 2.05) is 0 Å². The number of amides is 1. The van der Waals surface area contributed by atoms with Gasteiger partial charge >= 0.3 is 0 Å². The van der Waals surface area contributed by atoms with Crippen molar-refractivity contribution in [2.45, 2.75) is 17.9 Å². The number of benzene rings is 1. The topological polar surface area (TPSA) is 138 Å². The molecule has 132 valence electrons. The number of nitrogens with two attached hydrogens (primary N) is 2. The van der Waals surface area contributed by atoms with Gasteiger partial charge in [-0.15, -0.1) is 11.8 Å². The Bertz CT molecular complexity index is 768. The molecule has 1 aromatic carbocycles. The number of carbonyl (C=O) groups excluding carboxylic acids is 1. The van der Waals surface area contributed by atoms with Crippen LogP contribution in [0.2, 0.25) is 0 Å². The van der Waals surface area contributed by atoms with Crippen LogP contribution < -0.4 is 26.3 Å². The molecular formula is C15H18N6O3S. The summed E-state index contributed by atoms with van der Waals surface area (Å²) in [7, 11) is 0. The van der Waals surface area contributed by atoms with Crippen LogP contribution in [0.5, 0.6) is 11.5 Å². The highest BCUT2D eigenvalue weighted by Gasteiger charge is 2.17. The maximum Gasteiger partial charge on any atom is 0.237 e. The van der Waals surface area contributed by atoms with Crippen molar-refractivity contribution in [1.82, 2.24) is 15.0 Å². The van der Waals surface area contributed by atoms with Crippen molar-refractivity contribution in [3.05, 3.63) is 24.0 Å². The van der Waals surface area contributed by atoms with E-state index in [0.717, 1.165) is 0 Å². The molecule has 9 nitrogen and oxygen atoms in total. The fourth-order valence-corrected chi connectivity index (χ4v) is 2.90. The van der Waals surface area contributed by atoms with Gasteiger partial charge in [0.1, 0.15) is 19.0 Å². The maximum absolute atomic E-state index is 12.3. The lowest BCUT2D eigenvalue weighted by Crippen LogP contribution is -2.23. The van der Waals surface area contributed by atoms with Gasteiger partial charge in [-0.3, -0.25) is 4.79 Å². The lowest BCUT2D eigenvalue weighted by atomic mass is 10.2. The predicted molar refractivity (Wildman–Crippen MR) is 95.5 cm³/mol. The molecule has 0 spiro atoms. The molecule has 1 atom stereocenters. The number of hydrogen-bond acceptors (Lipinski definition) is 9. The van der Waals surface area contributed by atoms with E-state index >= 15 is 0 Å². The van der Waals surface area contributed by atoms with Gasteiger partial charge in [0.2, 0.25) is 17.8 Å². The summed E-state index contributed by atoms with van der Waals surface area (Å²) < 4.78 is 11.0. The van der Waals surface area contributed by atoms with Crippen molar-refractivity contribution >= 4 is 35.3 Å². The smallest absolute Gasteiger partial charge is 0.237 e. The number of carbonyl (C=O) groups is 1. The number of fused-ring (bicyclic) bond motifs is 1. The Morgan fingerprint density at radius 1 is 1.20 bits per heavy atom. The average Bonchev–Trinajstić information content (AvgIpc) is 2.58. The molecule has 1 aliphatic heterocycles. The summed E-state index contributed by atoms with van der Waals surface area (Å²) in [5.74, 6) is 2.13. The molecule has 0 aliphatic carbocycles. The van der Waals surface area contributed by atoms with Gasteiger partial charge in [-0.1, -0.05) is 0 Å². The molecule has 1 unspecified atom stereocenters. The van der Waals surface area contributed by atoms with E-state index in [9.17, 15) is 4.79 Å². The van der Waals surface area contributed by atoms with E-state index in [0.29, 0.717) is 42.0 Å². The van der Waals surface area contributed by atoms with Crippen molar-refractivity contribution in [3.63, 3.8) is 0 Å². The highest BCUT2D eigenvalue weighted by atomic mass is 32.2. The number of nitrogens with zero attached hydrogens (tertiary/aromatic N) is 3. The summed E-state index contributed by atoms with van der Waals surface area (Å²) in [5.41, 5.74) is 11.7. The third-order valence-corrected chi connectivity index (χ3v) is 4.50. The molecular weight excluding hydrogens is 344 g/mol. The first-order valence-electron chi connectivity index (χ1n) is 7.59. The zero-order valence-electron chi connectivity index (χ0n) is 13.6. The monoisotopic (exact) mass is 362 g/mol. The van der Waals surface area contributed by atoms with Crippen molar-refractivity contribution in [2.75, 3.05) is 30.0 Å². The van der Waals surface area contributed by atoms with Gasteiger partial charge in [0.05, 0.1) is 11.0 Å². The first-order chi connectivity index (χ1) is 12.0. The minimum absolute atomic E-state index is 0.0662. The third kappa shape index (κ3) is 4.41. The van der Waals surface area contributed by atoms with Gasteiger partial charge in [0.25, 0.3) is 0 Å². The van der Waals surface area contributed by atoms with E-state index in [4.69, 9.17) is 20.9 Å².